The number of imidazole rings is 1. The number of rotatable bonds is 4. The molecule has 1 amide bonds. The number of amides is 1. The van der Waals surface area contributed by atoms with E-state index >= 15 is 0 Å². The van der Waals surface area contributed by atoms with Crippen LogP contribution in [0.1, 0.15) is 11.5 Å². The predicted molar refractivity (Wildman–Crippen MR) is 127 cm³/mol. The van der Waals surface area contributed by atoms with E-state index in [2.05, 4.69) is 45.2 Å². The Bertz CT molecular complexity index is 1180. The molecule has 5 rings (SSSR count). The summed E-state index contributed by atoms with van der Waals surface area (Å²) in [7, 11) is 0. The summed E-state index contributed by atoms with van der Waals surface area (Å²) >= 11 is 6.56. The fourth-order valence-corrected chi connectivity index (χ4v) is 5.12. The van der Waals surface area contributed by atoms with E-state index in [-0.39, 0.29) is 12.5 Å². The fraction of sp³-hybridized carbons (Fsp3) is 0.333. The molecule has 0 spiro atoms. The topological polar surface area (TPSA) is 64.8 Å². The van der Waals surface area contributed by atoms with Crippen LogP contribution in [0, 0.1) is 0 Å². The molecule has 2 aromatic carbocycles. The monoisotopic (exact) mass is 451 g/mol. The van der Waals surface area contributed by atoms with Crippen LogP contribution >= 0.6 is 11.6 Å². The molecular formula is C24H26ClN5O2. The number of aliphatic hydroxyl groups excluding tert-OH is 1. The third kappa shape index (κ3) is 3.51. The minimum absolute atomic E-state index is 0.0354. The molecule has 8 heteroatoms. The van der Waals surface area contributed by atoms with Crippen LogP contribution < -0.4 is 9.80 Å². The molecule has 3 heterocycles. The maximum Gasteiger partial charge on any atom is 0.246 e. The number of halogens is 1. The van der Waals surface area contributed by atoms with Gasteiger partial charge >= 0.3 is 0 Å². The van der Waals surface area contributed by atoms with E-state index in [0.717, 1.165) is 46.2 Å². The Morgan fingerprint density at radius 3 is 2.50 bits per heavy atom. The fourth-order valence-electron chi connectivity index (χ4n) is 4.84. The average molecular weight is 452 g/mol. The highest BCUT2D eigenvalue weighted by Gasteiger charge is 2.29. The number of benzene rings is 2. The van der Waals surface area contributed by atoms with Gasteiger partial charge in [-0.3, -0.25) is 4.79 Å². The van der Waals surface area contributed by atoms with Gasteiger partial charge in [0.05, 0.1) is 18.2 Å². The van der Waals surface area contributed by atoms with Crippen LogP contribution in [0.25, 0.3) is 10.8 Å². The van der Waals surface area contributed by atoms with Crippen LogP contribution in [-0.4, -0.2) is 58.2 Å². The number of hydrogen-bond donors (Lipinski definition) is 1. The lowest BCUT2D eigenvalue weighted by atomic mass is 10.1. The molecule has 1 aromatic heterocycles. The molecule has 0 unspecified atom stereocenters. The van der Waals surface area contributed by atoms with Crippen molar-refractivity contribution in [3.8, 4) is 0 Å². The molecular weight excluding hydrogens is 426 g/mol. The first kappa shape index (κ1) is 20.8. The third-order valence-corrected chi connectivity index (χ3v) is 6.72. The van der Waals surface area contributed by atoms with E-state index in [4.69, 9.17) is 16.6 Å². The van der Waals surface area contributed by atoms with Crippen molar-refractivity contribution in [3.05, 3.63) is 65.6 Å². The van der Waals surface area contributed by atoms with Crippen molar-refractivity contribution in [3.63, 3.8) is 0 Å². The van der Waals surface area contributed by atoms with Crippen molar-refractivity contribution in [2.24, 2.45) is 0 Å². The SMILES string of the molecule is C=CC(=O)N1CCN(c2c(CO)nc3n2CCN(c2cccc4cccc(Cl)c24)C3)CC1. The average Bonchev–Trinajstić information content (AvgIpc) is 3.21. The molecule has 1 N–H and O–H groups in total. The maximum atomic E-state index is 11.9. The maximum absolute atomic E-state index is 11.9. The van der Waals surface area contributed by atoms with Crippen molar-refractivity contribution >= 4 is 39.8 Å². The normalized spacial score (nSPS) is 16.4. The second kappa shape index (κ2) is 8.48. The second-order valence-electron chi connectivity index (χ2n) is 8.16. The molecule has 0 radical (unpaired) electrons. The number of carbonyl (C=O) groups is 1. The molecule has 7 nitrogen and oxygen atoms in total. The molecule has 32 heavy (non-hydrogen) atoms. The van der Waals surface area contributed by atoms with Gasteiger partial charge in [-0.1, -0.05) is 42.4 Å². The molecule has 2 aliphatic heterocycles. The van der Waals surface area contributed by atoms with E-state index in [1.165, 1.54) is 6.08 Å². The number of aliphatic hydroxyl groups is 1. The summed E-state index contributed by atoms with van der Waals surface area (Å²) in [5.74, 6) is 1.87. The number of carbonyl (C=O) groups excluding carboxylic acids is 1. The Balaban J connectivity index is 1.43. The van der Waals surface area contributed by atoms with Crippen molar-refractivity contribution in [2.45, 2.75) is 19.7 Å². The molecule has 1 fully saturated rings. The van der Waals surface area contributed by atoms with Crippen LogP contribution in [0.15, 0.2) is 49.1 Å². The Hall–Kier alpha value is -3.03. The number of piperazine rings is 1. The molecule has 3 aromatic rings. The summed E-state index contributed by atoms with van der Waals surface area (Å²) in [4.78, 5) is 23.1. The van der Waals surface area contributed by atoms with Crippen molar-refractivity contribution in [1.29, 1.82) is 0 Å². The number of fused-ring (bicyclic) bond motifs is 2. The highest BCUT2D eigenvalue weighted by Crippen LogP contribution is 2.36. The molecule has 0 saturated carbocycles. The van der Waals surface area contributed by atoms with Gasteiger partial charge in [0.1, 0.15) is 17.3 Å². The summed E-state index contributed by atoms with van der Waals surface area (Å²) in [5.41, 5.74) is 1.80. The number of nitrogens with zero attached hydrogens (tertiary/aromatic N) is 5. The minimum atomic E-state index is -0.110. The van der Waals surface area contributed by atoms with Gasteiger partial charge in [-0.15, -0.1) is 0 Å². The van der Waals surface area contributed by atoms with Crippen molar-refractivity contribution < 1.29 is 9.90 Å². The van der Waals surface area contributed by atoms with Gasteiger partial charge in [0.25, 0.3) is 0 Å². The highest BCUT2D eigenvalue weighted by atomic mass is 35.5. The first-order valence-corrected chi connectivity index (χ1v) is 11.3. The Kier molecular flexibility index (Phi) is 5.53. The smallest absolute Gasteiger partial charge is 0.246 e. The van der Waals surface area contributed by atoms with E-state index in [1.54, 1.807) is 0 Å². The Morgan fingerprint density at radius 2 is 1.78 bits per heavy atom. The van der Waals surface area contributed by atoms with E-state index < -0.39 is 0 Å². The van der Waals surface area contributed by atoms with Crippen LogP contribution in [0.2, 0.25) is 5.02 Å². The lowest BCUT2D eigenvalue weighted by Crippen LogP contribution is -2.49. The molecule has 0 atom stereocenters. The zero-order valence-electron chi connectivity index (χ0n) is 17.9. The summed E-state index contributed by atoms with van der Waals surface area (Å²) in [6.07, 6.45) is 1.36. The van der Waals surface area contributed by atoms with Crippen molar-refractivity contribution in [2.75, 3.05) is 42.5 Å². The minimum Gasteiger partial charge on any atom is -0.390 e. The largest absolute Gasteiger partial charge is 0.390 e. The summed E-state index contributed by atoms with van der Waals surface area (Å²) in [6.45, 7) is 8.39. The number of hydrogen-bond acceptors (Lipinski definition) is 5. The summed E-state index contributed by atoms with van der Waals surface area (Å²) in [5, 5.41) is 12.9. The van der Waals surface area contributed by atoms with Gasteiger partial charge in [0.2, 0.25) is 5.91 Å². The van der Waals surface area contributed by atoms with Crippen LogP contribution in [0.5, 0.6) is 0 Å². The predicted octanol–water partition coefficient (Wildman–Crippen LogP) is 3.04. The first-order valence-electron chi connectivity index (χ1n) is 10.9. The zero-order valence-corrected chi connectivity index (χ0v) is 18.6. The van der Waals surface area contributed by atoms with E-state index in [9.17, 15) is 9.90 Å². The highest BCUT2D eigenvalue weighted by molar-refractivity contribution is 6.36. The Labute approximate surface area is 192 Å². The van der Waals surface area contributed by atoms with Gasteiger partial charge < -0.3 is 24.4 Å². The lowest BCUT2D eigenvalue weighted by Gasteiger charge is -2.37. The molecule has 0 bridgehead atoms. The third-order valence-electron chi connectivity index (χ3n) is 6.40. The van der Waals surface area contributed by atoms with Crippen LogP contribution in [-0.2, 0) is 24.5 Å². The van der Waals surface area contributed by atoms with Crippen LogP contribution in [0.4, 0.5) is 11.5 Å². The van der Waals surface area contributed by atoms with Gasteiger partial charge in [-0.05, 0) is 23.6 Å². The molecule has 1 saturated heterocycles. The van der Waals surface area contributed by atoms with E-state index in [0.29, 0.717) is 38.4 Å². The standard InChI is InChI=1S/C24H26ClN5O2/c1-2-22(32)27-9-11-28(12-10-27)24-19(16-31)26-21-15-29(13-14-30(21)24)20-8-4-6-17-5-3-7-18(25)23(17)20/h2-8,31H,1,9-16H2. The van der Waals surface area contributed by atoms with Gasteiger partial charge in [0, 0.05) is 50.3 Å². The Morgan fingerprint density at radius 1 is 1.06 bits per heavy atom. The van der Waals surface area contributed by atoms with Crippen molar-refractivity contribution in [1.82, 2.24) is 14.5 Å². The summed E-state index contributed by atoms with van der Waals surface area (Å²) in [6, 6.07) is 12.2. The quantitative estimate of drug-likeness (QED) is 0.618. The molecule has 166 valence electrons. The van der Waals surface area contributed by atoms with Gasteiger partial charge in [-0.25, -0.2) is 4.98 Å². The zero-order chi connectivity index (χ0) is 22.2. The molecule has 0 aliphatic carbocycles. The molecule has 2 aliphatic rings. The van der Waals surface area contributed by atoms with Crippen LogP contribution in [0.3, 0.4) is 0 Å². The first-order chi connectivity index (χ1) is 15.6. The van der Waals surface area contributed by atoms with E-state index in [1.807, 2.05) is 17.0 Å². The lowest BCUT2D eigenvalue weighted by molar-refractivity contribution is -0.126. The van der Waals surface area contributed by atoms with Gasteiger partial charge in [-0.2, -0.15) is 0 Å². The second-order valence-corrected chi connectivity index (χ2v) is 8.57. The number of anilines is 2. The number of aromatic nitrogens is 2. The van der Waals surface area contributed by atoms with Gasteiger partial charge in [0.15, 0.2) is 0 Å². The summed E-state index contributed by atoms with van der Waals surface area (Å²) < 4.78 is 2.22.